The van der Waals surface area contributed by atoms with Gasteiger partial charge in [-0.25, -0.2) is 4.98 Å². The average Bonchev–Trinajstić information content (AvgIpc) is 3.09. The van der Waals surface area contributed by atoms with Crippen molar-refractivity contribution in [2.24, 2.45) is 0 Å². The smallest absolute Gasteiger partial charge is 0.171 e. The van der Waals surface area contributed by atoms with Crippen LogP contribution in [-0.2, 0) is 0 Å². The van der Waals surface area contributed by atoms with Gasteiger partial charge in [-0.1, -0.05) is 23.7 Å². The lowest BCUT2D eigenvalue weighted by Crippen LogP contribution is -1.93. The van der Waals surface area contributed by atoms with Gasteiger partial charge in [0.25, 0.3) is 0 Å². The number of hydrogen-bond donors (Lipinski definition) is 0. The fourth-order valence-electron chi connectivity index (χ4n) is 1.93. The van der Waals surface area contributed by atoms with Gasteiger partial charge < -0.3 is 0 Å². The maximum absolute atomic E-state index is 11.6. The van der Waals surface area contributed by atoms with Crippen molar-refractivity contribution in [2.45, 2.75) is 25.7 Å². The summed E-state index contributed by atoms with van der Waals surface area (Å²) in [6.07, 6.45) is 2.31. The number of rotatable bonds is 3. The molecule has 0 N–H and O–H groups in total. The van der Waals surface area contributed by atoms with E-state index in [1.54, 1.807) is 6.92 Å². The molecule has 0 aliphatic heterocycles. The van der Waals surface area contributed by atoms with Crippen LogP contribution in [0.1, 0.15) is 41.0 Å². The SMILES string of the molecule is CC(=O)c1sc(-c2ccc(Cl)cc2)nc1C1CC1. The van der Waals surface area contributed by atoms with Crippen molar-refractivity contribution in [3.63, 3.8) is 0 Å². The van der Waals surface area contributed by atoms with Crippen molar-refractivity contribution in [1.29, 1.82) is 0 Å². The van der Waals surface area contributed by atoms with Crippen LogP contribution in [0, 0.1) is 0 Å². The fourth-order valence-corrected chi connectivity index (χ4v) is 3.11. The van der Waals surface area contributed by atoms with Crippen molar-refractivity contribution in [3.8, 4) is 10.6 Å². The predicted octanol–water partition coefficient (Wildman–Crippen LogP) is 4.54. The summed E-state index contributed by atoms with van der Waals surface area (Å²) in [4.78, 5) is 17.1. The molecule has 1 heterocycles. The van der Waals surface area contributed by atoms with Crippen LogP contribution in [0.3, 0.4) is 0 Å². The summed E-state index contributed by atoms with van der Waals surface area (Å²) < 4.78 is 0. The zero-order valence-corrected chi connectivity index (χ0v) is 11.5. The molecule has 18 heavy (non-hydrogen) atoms. The molecule has 1 aliphatic carbocycles. The Labute approximate surface area is 115 Å². The van der Waals surface area contributed by atoms with E-state index in [0.717, 1.165) is 34.0 Å². The summed E-state index contributed by atoms with van der Waals surface area (Å²) in [5, 5.41) is 1.63. The molecule has 0 spiro atoms. The number of thiazole rings is 1. The Morgan fingerprint density at radius 2 is 2.00 bits per heavy atom. The topological polar surface area (TPSA) is 30.0 Å². The van der Waals surface area contributed by atoms with Crippen molar-refractivity contribution < 1.29 is 4.79 Å². The third-order valence-electron chi connectivity index (χ3n) is 3.03. The van der Waals surface area contributed by atoms with Gasteiger partial charge in [0.05, 0.1) is 10.6 Å². The molecule has 2 aromatic rings. The van der Waals surface area contributed by atoms with E-state index in [1.807, 2.05) is 24.3 Å². The lowest BCUT2D eigenvalue weighted by molar-refractivity contribution is 0.102. The molecule has 92 valence electrons. The van der Waals surface area contributed by atoms with Gasteiger partial charge in [0.1, 0.15) is 5.01 Å². The first kappa shape index (κ1) is 11.9. The molecular weight excluding hydrogens is 266 g/mol. The number of halogens is 1. The Kier molecular flexibility index (Phi) is 2.96. The number of ketones is 1. The molecule has 1 aliphatic rings. The molecule has 1 aromatic carbocycles. The maximum Gasteiger partial charge on any atom is 0.171 e. The van der Waals surface area contributed by atoms with Crippen molar-refractivity contribution in [3.05, 3.63) is 39.9 Å². The minimum atomic E-state index is 0.120. The normalized spacial score (nSPS) is 14.8. The zero-order valence-electron chi connectivity index (χ0n) is 9.94. The Morgan fingerprint density at radius 3 is 2.56 bits per heavy atom. The maximum atomic E-state index is 11.6. The first-order valence-corrected chi connectivity index (χ1v) is 7.12. The predicted molar refractivity (Wildman–Crippen MR) is 74.5 cm³/mol. The summed E-state index contributed by atoms with van der Waals surface area (Å²) in [6.45, 7) is 1.62. The third-order valence-corrected chi connectivity index (χ3v) is 4.50. The van der Waals surface area contributed by atoms with Crippen LogP contribution >= 0.6 is 22.9 Å². The number of hydrogen-bond acceptors (Lipinski definition) is 3. The first-order valence-electron chi connectivity index (χ1n) is 5.93. The van der Waals surface area contributed by atoms with Crippen molar-refractivity contribution in [1.82, 2.24) is 4.98 Å². The van der Waals surface area contributed by atoms with Gasteiger partial charge in [-0.05, 0) is 25.0 Å². The quantitative estimate of drug-likeness (QED) is 0.771. The van der Waals surface area contributed by atoms with E-state index in [0.29, 0.717) is 10.9 Å². The van der Waals surface area contributed by atoms with Crippen LogP contribution in [0.4, 0.5) is 0 Å². The van der Waals surface area contributed by atoms with E-state index in [-0.39, 0.29) is 5.78 Å². The number of aromatic nitrogens is 1. The van der Waals surface area contributed by atoms with Crippen molar-refractivity contribution >= 4 is 28.7 Å². The highest BCUT2D eigenvalue weighted by Gasteiger charge is 2.31. The Bertz CT molecular complexity index is 599. The molecule has 1 saturated carbocycles. The molecule has 0 amide bonds. The lowest BCUT2D eigenvalue weighted by Gasteiger charge is -1.95. The summed E-state index contributed by atoms with van der Waals surface area (Å²) >= 11 is 7.37. The van der Waals surface area contributed by atoms with Gasteiger partial charge in [-0.3, -0.25) is 4.79 Å². The van der Waals surface area contributed by atoms with Gasteiger partial charge in [0.15, 0.2) is 5.78 Å². The van der Waals surface area contributed by atoms with E-state index in [2.05, 4.69) is 4.98 Å². The summed E-state index contributed by atoms with van der Waals surface area (Å²) in [5.74, 6) is 0.621. The molecule has 0 radical (unpaired) electrons. The van der Waals surface area contributed by atoms with Crippen LogP contribution in [0.15, 0.2) is 24.3 Å². The van der Waals surface area contributed by atoms with E-state index < -0.39 is 0 Å². The molecule has 0 saturated heterocycles. The summed E-state index contributed by atoms with van der Waals surface area (Å²) in [7, 11) is 0. The third kappa shape index (κ3) is 2.20. The first-order chi connectivity index (χ1) is 8.65. The minimum absolute atomic E-state index is 0.120. The van der Waals surface area contributed by atoms with Crippen LogP contribution in [-0.4, -0.2) is 10.8 Å². The second-order valence-electron chi connectivity index (χ2n) is 4.57. The van der Waals surface area contributed by atoms with Gasteiger partial charge in [-0.2, -0.15) is 0 Å². The van der Waals surface area contributed by atoms with E-state index >= 15 is 0 Å². The molecule has 1 aromatic heterocycles. The Hall–Kier alpha value is -1.19. The highest BCUT2D eigenvalue weighted by atomic mass is 35.5. The van der Waals surface area contributed by atoms with Gasteiger partial charge in [0, 0.05) is 23.4 Å². The molecular formula is C14H12ClNOS. The zero-order chi connectivity index (χ0) is 12.7. The Balaban J connectivity index is 2.04. The second kappa shape index (κ2) is 4.48. The number of Topliss-reactive ketones (excluding diaryl/α,β-unsaturated/α-hetero) is 1. The highest BCUT2D eigenvalue weighted by Crippen LogP contribution is 2.44. The molecule has 0 bridgehead atoms. The highest BCUT2D eigenvalue weighted by molar-refractivity contribution is 7.17. The van der Waals surface area contributed by atoms with Crippen LogP contribution in [0.5, 0.6) is 0 Å². The van der Waals surface area contributed by atoms with E-state index in [4.69, 9.17) is 11.6 Å². The number of nitrogens with zero attached hydrogens (tertiary/aromatic N) is 1. The molecule has 1 fully saturated rings. The monoisotopic (exact) mass is 277 g/mol. The van der Waals surface area contributed by atoms with Crippen LogP contribution < -0.4 is 0 Å². The van der Waals surface area contributed by atoms with E-state index in [1.165, 1.54) is 11.3 Å². The molecule has 0 atom stereocenters. The number of carbonyl (C=O) groups is 1. The second-order valence-corrected chi connectivity index (χ2v) is 6.01. The minimum Gasteiger partial charge on any atom is -0.294 e. The average molecular weight is 278 g/mol. The van der Waals surface area contributed by atoms with E-state index in [9.17, 15) is 4.79 Å². The molecule has 3 rings (SSSR count). The van der Waals surface area contributed by atoms with Crippen molar-refractivity contribution in [2.75, 3.05) is 0 Å². The largest absolute Gasteiger partial charge is 0.294 e. The lowest BCUT2D eigenvalue weighted by atomic mass is 10.2. The van der Waals surface area contributed by atoms with Crippen LogP contribution in [0.2, 0.25) is 5.02 Å². The number of benzene rings is 1. The summed E-state index contributed by atoms with van der Waals surface area (Å²) in [6, 6.07) is 7.59. The number of carbonyl (C=O) groups excluding carboxylic acids is 1. The van der Waals surface area contributed by atoms with Crippen LogP contribution in [0.25, 0.3) is 10.6 Å². The van der Waals surface area contributed by atoms with Gasteiger partial charge >= 0.3 is 0 Å². The molecule has 4 heteroatoms. The van der Waals surface area contributed by atoms with Gasteiger partial charge in [-0.15, -0.1) is 11.3 Å². The Morgan fingerprint density at radius 1 is 1.33 bits per heavy atom. The fraction of sp³-hybridized carbons (Fsp3) is 0.286. The van der Waals surface area contributed by atoms with Gasteiger partial charge in [0.2, 0.25) is 0 Å². The molecule has 0 unspecified atom stereocenters. The summed E-state index contributed by atoms with van der Waals surface area (Å²) in [5.41, 5.74) is 2.02. The standard InChI is InChI=1S/C14H12ClNOS/c1-8(17)13-12(9-2-3-9)16-14(18-13)10-4-6-11(15)7-5-10/h4-7,9H,2-3H2,1H3. The molecule has 2 nitrogen and oxygen atoms in total.